The van der Waals surface area contributed by atoms with Crippen LogP contribution in [0.25, 0.3) is 0 Å². The molecule has 2 rings (SSSR count). The van der Waals surface area contributed by atoms with Crippen LogP contribution in [0, 0.1) is 0 Å². The summed E-state index contributed by atoms with van der Waals surface area (Å²) in [6.45, 7) is 4.34. The SMILES string of the molecule is CCC[Si](CC)(Oc1ccccc1)Oc1ccccc1. The van der Waals surface area contributed by atoms with Crippen LogP contribution in [0.5, 0.6) is 11.5 Å². The molecule has 0 atom stereocenters. The molecule has 0 saturated carbocycles. The normalized spacial score (nSPS) is 11.1. The molecule has 0 radical (unpaired) electrons. The van der Waals surface area contributed by atoms with Gasteiger partial charge in [0.1, 0.15) is 11.5 Å². The molecule has 0 N–H and O–H groups in total. The van der Waals surface area contributed by atoms with Crippen molar-refractivity contribution in [2.45, 2.75) is 32.4 Å². The van der Waals surface area contributed by atoms with Gasteiger partial charge < -0.3 is 8.85 Å². The maximum atomic E-state index is 6.31. The summed E-state index contributed by atoms with van der Waals surface area (Å²) in [5, 5.41) is 0. The van der Waals surface area contributed by atoms with E-state index in [4.69, 9.17) is 8.85 Å². The van der Waals surface area contributed by atoms with Crippen molar-refractivity contribution in [1.29, 1.82) is 0 Å². The molecule has 20 heavy (non-hydrogen) atoms. The standard InChI is InChI=1S/C17H22O2Si/c1-3-15-20(4-2,18-16-11-7-5-8-12-16)19-17-13-9-6-10-14-17/h5-14H,3-4,15H2,1-2H3. The summed E-state index contributed by atoms with van der Waals surface area (Å²) in [7, 11) is -2.25. The molecule has 0 fully saturated rings. The summed E-state index contributed by atoms with van der Waals surface area (Å²) >= 11 is 0. The Balaban J connectivity index is 2.20. The van der Waals surface area contributed by atoms with Gasteiger partial charge in [-0.2, -0.15) is 0 Å². The molecule has 0 unspecified atom stereocenters. The Bertz CT molecular complexity index is 457. The van der Waals surface area contributed by atoms with Crippen molar-refractivity contribution in [3.05, 3.63) is 60.7 Å². The topological polar surface area (TPSA) is 18.5 Å². The first-order valence-electron chi connectivity index (χ1n) is 7.26. The fourth-order valence-electron chi connectivity index (χ4n) is 2.23. The Morgan fingerprint density at radius 1 is 0.750 bits per heavy atom. The van der Waals surface area contributed by atoms with Crippen molar-refractivity contribution in [3.63, 3.8) is 0 Å². The molecule has 0 amide bonds. The number of benzene rings is 2. The van der Waals surface area contributed by atoms with Crippen molar-refractivity contribution in [2.24, 2.45) is 0 Å². The van der Waals surface area contributed by atoms with Gasteiger partial charge in [0, 0.05) is 12.1 Å². The van der Waals surface area contributed by atoms with Gasteiger partial charge in [-0.1, -0.05) is 56.7 Å². The summed E-state index contributed by atoms with van der Waals surface area (Å²) in [5.74, 6) is 1.82. The van der Waals surface area contributed by atoms with E-state index in [0.29, 0.717) is 0 Å². The second-order valence-corrected chi connectivity index (χ2v) is 8.28. The van der Waals surface area contributed by atoms with Crippen molar-refractivity contribution >= 4 is 8.56 Å². The summed E-state index contributed by atoms with van der Waals surface area (Å²) < 4.78 is 12.6. The molecule has 2 aromatic rings. The fraction of sp³-hybridized carbons (Fsp3) is 0.294. The molecule has 2 nitrogen and oxygen atoms in total. The lowest BCUT2D eigenvalue weighted by atomic mass is 10.3. The van der Waals surface area contributed by atoms with Gasteiger partial charge in [0.15, 0.2) is 0 Å². The summed E-state index contributed by atoms with van der Waals surface area (Å²) in [6, 6.07) is 21.9. The van der Waals surface area contributed by atoms with Crippen LogP contribution in [0.2, 0.25) is 12.1 Å². The Morgan fingerprint density at radius 3 is 1.55 bits per heavy atom. The van der Waals surface area contributed by atoms with Crippen molar-refractivity contribution < 1.29 is 8.85 Å². The van der Waals surface area contributed by atoms with Crippen molar-refractivity contribution in [2.75, 3.05) is 0 Å². The first-order valence-corrected chi connectivity index (χ1v) is 9.49. The number of hydrogen-bond acceptors (Lipinski definition) is 2. The van der Waals surface area contributed by atoms with E-state index in [-0.39, 0.29) is 0 Å². The van der Waals surface area contributed by atoms with E-state index in [0.717, 1.165) is 30.0 Å². The van der Waals surface area contributed by atoms with E-state index in [2.05, 4.69) is 13.8 Å². The molecule has 0 bridgehead atoms. The van der Waals surface area contributed by atoms with Gasteiger partial charge in [0.2, 0.25) is 0 Å². The Labute approximate surface area is 122 Å². The van der Waals surface area contributed by atoms with Crippen LogP contribution in [0.3, 0.4) is 0 Å². The molecule has 0 spiro atoms. The third-order valence-electron chi connectivity index (χ3n) is 3.26. The van der Waals surface area contributed by atoms with Crippen LogP contribution in [-0.4, -0.2) is 8.56 Å². The largest absolute Gasteiger partial charge is 0.512 e. The number of rotatable bonds is 7. The van der Waals surface area contributed by atoms with E-state index >= 15 is 0 Å². The number of hydrogen-bond donors (Lipinski definition) is 0. The average Bonchev–Trinajstić information content (AvgIpc) is 2.49. The van der Waals surface area contributed by atoms with Gasteiger partial charge in [0.05, 0.1) is 0 Å². The Kier molecular flexibility index (Phi) is 5.24. The maximum Gasteiger partial charge on any atom is 0.460 e. The van der Waals surface area contributed by atoms with Crippen molar-refractivity contribution in [3.8, 4) is 11.5 Å². The summed E-state index contributed by atoms with van der Waals surface area (Å²) in [5.41, 5.74) is 0. The van der Waals surface area contributed by atoms with E-state index in [9.17, 15) is 0 Å². The van der Waals surface area contributed by atoms with E-state index in [1.54, 1.807) is 0 Å². The van der Waals surface area contributed by atoms with Crippen molar-refractivity contribution in [1.82, 2.24) is 0 Å². The van der Waals surface area contributed by atoms with E-state index in [1.165, 1.54) is 0 Å². The minimum absolute atomic E-state index is 0.908. The Morgan fingerprint density at radius 2 is 1.20 bits per heavy atom. The van der Waals surface area contributed by atoms with Gasteiger partial charge in [-0.05, 0) is 24.3 Å². The molecule has 3 heteroatoms. The minimum atomic E-state index is -2.25. The molecule has 0 heterocycles. The molecular formula is C17H22O2Si. The van der Waals surface area contributed by atoms with Gasteiger partial charge in [0.25, 0.3) is 0 Å². The summed E-state index contributed by atoms with van der Waals surface area (Å²) in [4.78, 5) is 0. The van der Waals surface area contributed by atoms with Crippen LogP contribution in [-0.2, 0) is 0 Å². The van der Waals surface area contributed by atoms with E-state index in [1.807, 2.05) is 60.7 Å². The second kappa shape index (κ2) is 7.15. The highest BCUT2D eigenvalue weighted by Gasteiger charge is 2.39. The third kappa shape index (κ3) is 3.87. The lowest BCUT2D eigenvalue weighted by Gasteiger charge is -2.30. The van der Waals surface area contributed by atoms with Crippen LogP contribution in [0.1, 0.15) is 20.3 Å². The molecule has 0 aliphatic carbocycles. The molecule has 0 saturated heterocycles. The second-order valence-electron chi connectivity index (χ2n) is 4.84. The third-order valence-corrected chi connectivity index (χ3v) is 6.82. The minimum Gasteiger partial charge on any atom is -0.512 e. The molecule has 2 aromatic carbocycles. The van der Waals surface area contributed by atoms with E-state index < -0.39 is 8.56 Å². The zero-order valence-corrected chi connectivity index (χ0v) is 13.2. The molecule has 0 aliphatic heterocycles. The predicted octanol–water partition coefficient (Wildman–Crippen LogP) is 5.02. The summed E-state index contributed by atoms with van der Waals surface area (Å²) in [6.07, 6.45) is 1.07. The molecular weight excluding hydrogens is 264 g/mol. The number of para-hydroxylation sites is 2. The highest BCUT2D eigenvalue weighted by Crippen LogP contribution is 2.26. The average molecular weight is 286 g/mol. The lowest BCUT2D eigenvalue weighted by Crippen LogP contribution is -2.47. The van der Waals surface area contributed by atoms with Crippen LogP contribution < -0.4 is 8.85 Å². The van der Waals surface area contributed by atoms with Gasteiger partial charge in [-0.15, -0.1) is 0 Å². The lowest BCUT2D eigenvalue weighted by molar-refractivity contribution is 0.378. The van der Waals surface area contributed by atoms with Crippen LogP contribution in [0.4, 0.5) is 0 Å². The maximum absolute atomic E-state index is 6.31. The van der Waals surface area contributed by atoms with Crippen LogP contribution >= 0.6 is 0 Å². The Hall–Kier alpha value is -1.74. The smallest absolute Gasteiger partial charge is 0.460 e. The van der Waals surface area contributed by atoms with Gasteiger partial charge in [-0.3, -0.25) is 0 Å². The molecule has 106 valence electrons. The first kappa shape index (κ1) is 14.7. The highest BCUT2D eigenvalue weighted by atomic mass is 28.4. The predicted molar refractivity (Wildman–Crippen MR) is 85.5 cm³/mol. The quantitative estimate of drug-likeness (QED) is 0.666. The highest BCUT2D eigenvalue weighted by molar-refractivity contribution is 6.68. The van der Waals surface area contributed by atoms with Gasteiger partial charge in [-0.25, -0.2) is 0 Å². The fourth-order valence-corrected chi connectivity index (χ4v) is 5.01. The van der Waals surface area contributed by atoms with Crippen LogP contribution in [0.15, 0.2) is 60.7 Å². The molecule has 0 aromatic heterocycles. The monoisotopic (exact) mass is 286 g/mol. The van der Waals surface area contributed by atoms with Gasteiger partial charge >= 0.3 is 8.56 Å². The molecule has 0 aliphatic rings. The zero-order valence-electron chi connectivity index (χ0n) is 12.2. The first-order chi connectivity index (χ1) is 9.78. The zero-order chi connectivity index (χ0) is 14.3.